The summed E-state index contributed by atoms with van der Waals surface area (Å²) in [6, 6.07) is 17.7. The third-order valence-corrected chi connectivity index (χ3v) is 4.26. The van der Waals surface area contributed by atoms with Crippen molar-refractivity contribution in [3.05, 3.63) is 82.3 Å². The highest BCUT2D eigenvalue weighted by molar-refractivity contribution is 5.84. The number of nitrogens with two attached hydrogens (primary N) is 1. The van der Waals surface area contributed by atoms with Crippen LogP contribution in [0.4, 0.5) is 5.69 Å². The lowest BCUT2D eigenvalue weighted by Gasteiger charge is -2.16. The number of benzene rings is 2. The average Bonchev–Trinajstić information content (AvgIpc) is 2.83. The largest absolute Gasteiger partial charge is 0.368 e. The van der Waals surface area contributed by atoms with Gasteiger partial charge >= 0.3 is 0 Å². The number of anilines is 1. The van der Waals surface area contributed by atoms with E-state index in [0.29, 0.717) is 11.3 Å². The van der Waals surface area contributed by atoms with Gasteiger partial charge in [0.25, 0.3) is 5.56 Å². The minimum atomic E-state index is -0.778. The number of amides is 1. The van der Waals surface area contributed by atoms with Gasteiger partial charge in [0.05, 0.1) is 11.4 Å². The number of rotatable bonds is 5. The molecule has 3 aromatic rings. The molecule has 0 unspecified atom stereocenters. The van der Waals surface area contributed by atoms with Gasteiger partial charge in [0, 0.05) is 7.05 Å². The Balaban J connectivity index is 2.06. The predicted molar refractivity (Wildman–Crippen MR) is 97.7 cm³/mol. The van der Waals surface area contributed by atoms with E-state index in [4.69, 9.17) is 5.73 Å². The van der Waals surface area contributed by atoms with Crippen LogP contribution in [0.25, 0.3) is 5.69 Å². The van der Waals surface area contributed by atoms with Crippen molar-refractivity contribution in [3.8, 4) is 5.69 Å². The summed E-state index contributed by atoms with van der Waals surface area (Å²) in [6.45, 7) is 1.83. The van der Waals surface area contributed by atoms with Crippen molar-refractivity contribution in [2.45, 2.75) is 13.0 Å². The smallest absolute Gasteiger partial charge is 0.295 e. The molecule has 6 heteroatoms. The summed E-state index contributed by atoms with van der Waals surface area (Å²) in [4.78, 5) is 24.9. The van der Waals surface area contributed by atoms with Crippen LogP contribution in [0.2, 0.25) is 0 Å². The zero-order valence-electron chi connectivity index (χ0n) is 14.1. The maximum absolute atomic E-state index is 12.9. The summed E-state index contributed by atoms with van der Waals surface area (Å²) < 4.78 is 3.31. The van der Waals surface area contributed by atoms with E-state index in [-0.39, 0.29) is 5.56 Å². The molecular formula is C19H20N4O2. The predicted octanol–water partition coefficient (Wildman–Crippen LogP) is 2.12. The monoisotopic (exact) mass is 336 g/mol. The SMILES string of the molecule is Cc1c(N[C@H](C(N)=O)c2ccccc2)c(=O)n(-c2ccccc2)n1C. The average molecular weight is 336 g/mol. The molecule has 0 aliphatic carbocycles. The minimum Gasteiger partial charge on any atom is -0.368 e. The first-order valence-corrected chi connectivity index (χ1v) is 7.95. The van der Waals surface area contributed by atoms with E-state index in [1.54, 1.807) is 28.5 Å². The summed E-state index contributed by atoms with van der Waals surface area (Å²) in [6.07, 6.45) is 0. The molecule has 0 spiro atoms. The number of aromatic nitrogens is 2. The molecule has 0 saturated heterocycles. The molecule has 6 nitrogen and oxygen atoms in total. The van der Waals surface area contributed by atoms with Gasteiger partial charge < -0.3 is 11.1 Å². The van der Waals surface area contributed by atoms with Gasteiger partial charge in [0.15, 0.2) is 0 Å². The molecule has 25 heavy (non-hydrogen) atoms. The van der Waals surface area contributed by atoms with Crippen LogP contribution in [-0.2, 0) is 11.8 Å². The van der Waals surface area contributed by atoms with Crippen molar-refractivity contribution >= 4 is 11.6 Å². The molecule has 0 aliphatic heterocycles. The Morgan fingerprint density at radius 1 is 1.04 bits per heavy atom. The fraction of sp³-hybridized carbons (Fsp3) is 0.158. The van der Waals surface area contributed by atoms with E-state index in [1.165, 1.54) is 0 Å². The third kappa shape index (κ3) is 3.06. The molecule has 128 valence electrons. The maximum Gasteiger partial charge on any atom is 0.295 e. The normalized spacial score (nSPS) is 11.9. The van der Waals surface area contributed by atoms with E-state index in [2.05, 4.69) is 5.32 Å². The van der Waals surface area contributed by atoms with Crippen LogP contribution in [0.1, 0.15) is 17.3 Å². The number of carbonyl (C=O) groups excluding carboxylic acids is 1. The first-order valence-electron chi connectivity index (χ1n) is 7.95. The Hall–Kier alpha value is -3.28. The molecule has 2 aromatic carbocycles. The van der Waals surface area contributed by atoms with Crippen LogP contribution in [0, 0.1) is 6.92 Å². The molecular weight excluding hydrogens is 316 g/mol. The quantitative estimate of drug-likeness (QED) is 0.749. The second-order valence-electron chi connectivity index (χ2n) is 5.83. The van der Waals surface area contributed by atoms with Crippen LogP contribution in [0.3, 0.4) is 0 Å². The summed E-state index contributed by atoms with van der Waals surface area (Å²) >= 11 is 0. The standard InChI is InChI=1S/C19H20N4O2/c1-13-16(21-17(18(20)24)14-9-5-3-6-10-14)19(25)23(22(13)2)15-11-7-4-8-12-15/h3-12,17,21H,1-2H3,(H2,20,24)/t17-/m0/s1. The van der Waals surface area contributed by atoms with Crippen molar-refractivity contribution in [3.63, 3.8) is 0 Å². The molecule has 0 fully saturated rings. The van der Waals surface area contributed by atoms with Gasteiger partial charge in [-0.3, -0.25) is 14.3 Å². The summed E-state index contributed by atoms with van der Waals surface area (Å²) in [5.41, 5.74) is 7.87. The van der Waals surface area contributed by atoms with Crippen LogP contribution in [0.5, 0.6) is 0 Å². The highest BCUT2D eigenvalue weighted by Crippen LogP contribution is 2.21. The number of primary amides is 1. The topological polar surface area (TPSA) is 82.1 Å². The maximum atomic E-state index is 12.9. The molecule has 3 N–H and O–H groups in total. The number of nitrogens with one attached hydrogen (secondary N) is 1. The van der Waals surface area contributed by atoms with Gasteiger partial charge in [-0.2, -0.15) is 0 Å². The van der Waals surface area contributed by atoms with Gasteiger partial charge in [-0.1, -0.05) is 48.5 Å². The molecule has 0 radical (unpaired) electrons. The van der Waals surface area contributed by atoms with Crippen LogP contribution in [-0.4, -0.2) is 15.3 Å². The van der Waals surface area contributed by atoms with Gasteiger partial charge in [0.1, 0.15) is 11.7 Å². The summed E-state index contributed by atoms with van der Waals surface area (Å²) in [5, 5.41) is 3.03. The summed E-state index contributed by atoms with van der Waals surface area (Å²) in [7, 11) is 1.80. The van der Waals surface area contributed by atoms with E-state index in [1.807, 2.05) is 55.5 Å². The Morgan fingerprint density at radius 3 is 2.16 bits per heavy atom. The van der Waals surface area contributed by atoms with E-state index >= 15 is 0 Å². The van der Waals surface area contributed by atoms with Gasteiger partial charge in [-0.15, -0.1) is 0 Å². The molecule has 1 heterocycles. The molecule has 1 aromatic heterocycles. The van der Waals surface area contributed by atoms with Crippen molar-refractivity contribution in [2.75, 3.05) is 5.32 Å². The molecule has 0 saturated carbocycles. The van der Waals surface area contributed by atoms with Crippen molar-refractivity contribution < 1.29 is 4.79 Å². The second kappa shape index (κ2) is 6.68. The van der Waals surface area contributed by atoms with E-state index in [9.17, 15) is 9.59 Å². The van der Waals surface area contributed by atoms with Gasteiger partial charge in [-0.25, -0.2) is 4.68 Å². The first-order chi connectivity index (χ1) is 12.0. The highest BCUT2D eigenvalue weighted by Gasteiger charge is 2.23. The van der Waals surface area contributed by atoms with Crippen LogP contribution < -0.4 is 16.6 Å². The first kappa shape index (κ1) is 16.6. The Bertz CT molecular complexity index is 943. The number of carbonyl (C=O) groups is 1. The number of hydrogen-bond acceptors (Lipinski definition) is 3. The zero-order chi connectivity index (χ0) is 18.0. The Morgan fingerprint density at radius 2 is 1.60 bits per heavy atom. The van der Waals surface area contributed by atoms with Gasteiger partial charge in [-0.05, 0) is 24.6 Å². The second-order valence-corrected chi connectivity index (χ2v) is 5.83. The third-order valence-electron chi connectivity index (χ3n) is 4.26. The van der Waals surface area contributed by atoms with Crippen molar-refractivity contribution in [2.24, 2.45) is 12.8 Å². The number of nitrogens with zero attached hydrogens (tertiary/aromatic N) is 2. The van der Waals surface area contributed by atoms with Gasteiger partial charge in [0.2, 0.25) is 5.91 Å². The van der Waals surface area contributed by atoms with Crippen molar-refractivity contribution in [1.29, 1.82) is 0 Å². The lowest BCUT2D eigenvalue weighted by atomic mass is 10.1. The molecule has 3 rings (SSSR count). The molecule has 1 amide bonds. The van der Waals surface area contributed by atoms with E-state index in [0.717, 1.165) is 11.4 Å². The fourth-order valence-electron chi connectivity index (χ4n) is 2.84. The zero-order valence-corrected chi connectivity index (χ0v) is 14.1. The number of hydrogen-bond donors (Lipinski definition) is 2. The van der Waals surface area contributed by atoms with Crippen LogP contribution >= 0.6 is 0 Å². The number of para-hydroxylation sites is 1. The molecule has 0 aliphatic rings. The fourth-order valence-corrected chi connectivity index (χ4v) is 2.84. The lowest BCUT2D eigenvalue weighted by molar-refractivity contribution is -0.118. The lowest BCUT2D eigenvalue weighted by Crippen LogP contribution is -2.30. The summed E-state index contributed by atoms with van der Waals surface area (Å²) in [5.74, 6) is -0.542. The Kier molecular flexibility index (Phi) is 4.43. The van der Waals surface area contributed by atoms with Crippen LogP contribution in [0.15, 0.2) is 65.5 Å². The molecule has 1 atom stereocenters. The molecule has 0 bridgehead atoms. The highest BCUT2D eigenvalue weighted by atomic mass is 16.2. The Labute approximate surface area is 145 Å². The van der Waals surface area contributed by atoms with Crippen molar-refractivity contribution in [1.82, 2.24) is 9.36 Å². The minimum absolute atomic E-state index is 0.228. The van der Waals surface area contributed by atoms with E-state index < -0.39 is 11.9 Å².